The molecule has 142 valence electrons. The van der Waals surface area contributed by atoms with E-state index in [0.717, 1.165) is 25.2 Å². The minimum absolute atomic E-state index is 0.0116. The highest BCUT2D eigenvalue weighted by molar-refractivity contribution is 5.97. The first-order valence-electron chi connectivity index (χ1n) is 9.93. The van der Waals surface area contributed by atoms with E-state index in [1.165, 1.54) is 24.8 Å². The molecule has 1 atom stereocenters. The van der Waals surface area contributed by atoms with Gasteiger partial charge in [-0.1, -0.05) is 24.1 Å². The van der Waals surface area contributed by atoms with Gasteiger partial charge in [-0.05, 0) is 58.3 Å². The van der Waals surface area contributed by atoms with E-state index in [-0.39, 0.29) is 18.4 Å². The van der Waals surface area contributed by atoms with Gasteiger partial charge in [0, 0.05) is 31.2 Å². The van der Waals surface area contributed by atoms with E-state index in [2.05, 4.69) is 11.8 Å². The monoisotopic (exact) mass is 357 g/mol. The Labute approximate surface area is 156 Å². The second-order valence-electron chi connectivity index (χ2n) is 7.68. The molecule has 0 bridgehead atoms. The van der Waals surface area contributed by atoms with E-state index in [4.69, 9.17) is 0 Å². The fourth-order valence-electron chi connectivity index (χ4n) is 3.92. The van der Waals surface area contributed by atoms with Gasteiger partial charge in [-0.3, -0.25) is 9.59 Å². The maximum atomic E-state index is 12.6. The van der Waals surface area contributed by atoms with Crippen molar-refractivity contribution in [1.29, 1.82) is 0 Å². The van der Waals surface area contributed by atoms with Gasteiger partial charge in [0.1, 0.15) is 6.54 Å². The molecular weight excluding hydrogens is 326 g/mol. The van der Waals surface area contributed by atoms with Crippen LogP contribution in [-0.2, 0) is 9.59 Å². The number of carbonyl (C=O) groups excluding carboxylic acids is 2. The third-order valence-corrected chi connectivity index (χ3v) is 5.71. The smallest absolute Gasteiger partial charge is 0.246 e. The topological polar surface area (TPSA) is 43.9 Å². The van der Waals surface area contributed by atoms with Gasteiger partial charge < -0.3 is 14.7 Å². The lowest BCUT2D eigenvalue weighted by molar-refractivity contribution is -0.137. The summed E-state index contributed by atoms with van der Waals surface area (Å²) < 4.78 is 0. The summed E-state index contributed by atoms with van der Waals surface area (Å²) in [6.45, 7) is 7.97. The van der Waals surface area contributed by atoms with Crippen molar-refractivity contribution in [2.75, 3.05) is 37.6 Å². The van der Waals surface area contributed by atoms with Crippen molar-refractivity contribution in [3.63, 3.8) is 0 Å². The highest BCUT2D eigenvalue weighted by atomic mass is 16.2. The van der Waals surface area contributed by atoms with Crippen LogP contribution in [-0.4, -0.2) is 60.4 Å². The quantitative estimate of drug-likeness (QED) is 0.814. The molecule has 2 saturated heterocycles. The molecule has 2 amide bonds. The van der Waals surface area contributed by atoms with Gasteiger partial charge in [0.15, 0.2) is 0 Å². The zero-order chi connectivity index (χ0) is 18.5. The molecule has 1 aromatic carbocycles. The average molecular weight is 357 g/mol. The Morgan fingerprint density at radius 3 is 2.38 bits per heavy atom. The normalized spacial score (nSPS) is 20.3. The predicted octanol–water partition coefficient (Wildman–Crippen LogP) is 2.82. The van der Waals surface area contributed by atoms with Crippen molar-refractivity contribution in [3.05, 3.63) is 29.8 Å². The highest BCUT2D eigenvalue weighted by Crippen LogP contribution is 2.19. The fraction of sp³-hybridized carbons (Fsp3) is 0.619. The predicted molar refractivity (Wildman–Crippen MR) is 104 cm³/mol. The minimum atomic E-state index is 0.0116. The molecule has 2 heterocycles. The van der Waals surface area contributed by atoms with Crippen LogP contribution in [0.3, 0.4) is 0 Å². The first-order valence-corrected chi connectivity index (χ1v) is 9.93. The summed E-state index contributed by atoms with van der Waals surface area (Å²) in [6, 6.07) is 8.43. The van der Waals surface area contributed by atoms with Crippen molar-refractivity contribution in [2.24, 2.45) is 0 Å². The lowest BCUT2D eigenvalue weighted by Crippen LogP contribution is -2.52. The molecule has 2 aliphatic rings. The van der Waals surface area contributed by atoms with Gasteiger partial charge in [0.05, 0.1) is 0 Å². The molecule has 3 rings (SSSR count). The number of benzene rings is 1. The van der Waals surface area contributed by atoms with Gasteiger partial charge in [0.25, 0.3) is 0 Å². The van der Waals surface area contributed by atoms with E-state index in [9.17, 15) is 9.59 Å². The van der Waals surface area contributed by atoms with Crippen molar-refractivity contribution >= 4 is 17.5 Å². The molecule has 0 aliphatic carbocycles. The van der Waals surface area contributed by atoms with Gasteiger partial charge in [0.2, 0.25) is 11.8 Å². The number of piperidine rings is 1. The first kappa shape index (κ1) is 18.9. The van der Waals surface area contributed by atoms with Gasteiger partial charge in [-0.25, -0.2) is 0 Å². The molecule has 0 spiro atoms. The lowest BCUT2D eigenvalue weighted by Gasteiger charge is -2.35. The molecule has 5 nitrogen and oxygen atoms in total. The molecular formula is C21H31N3O2. The molecule has 2 fully saturated rings. The molecule has 0 unspecified atom stereocenters. The zero-order valence-corrected chi connectivity index (χ0v) is 16.1. The summed E-state index contributed by atoms with van der Waals surface area (Å²) in [7, 11) is 0. The van der Waals surface area contributed by atoms with E-state index in [1.807, 2.05) is 31.2 Å². The minimum Gasteiger partial charge on any atom is -0.332 e. The molecule has 26 heavy (non-hydrogen) atoms. The first-order chi connectivity index (χ1) is 12.5. The number of aryl methyl sites for hydroxylation is 1. The van der Waals surface area contributed by atoms with Crippen LogP contribution >= 0.6 is 0 Å². The number of hydrogen-bond acceptors (Lipinski definition) is 3. The molecule has 1 aromatic rings. The number of piperazine rings is 1. The largest absolute Gasteiger partial charge is 0.332 e. The summed E-state index contributed by atoms with van der Waals surface area (Å²) in [5.41, 5.74) is 2.10. The summed E-state index contributed by atoms with van der Waals surface area (Å²) in [5, 5.41) is 0. The number of anilines is 1. The summed E-state index contributed by atoms with van der Waals surface area (Å²) in [4.78, 5) is 31.1. The van der Waals surface area contributed by atoms with Crippen molar-refractivity contribution in [1.82, 2.24) is 9.80 Å². The second-order valence-corrected chi connectivity index (χ2v) is 7.68. The van der Waals surface area contributed by atoms with Crippen LogP contribution in [0.2, 0.25) is 0 Å². The van der Waals surface area contributed by atoms with Gasteiger partial charge in [-0.2, -0.15) is 0 Å². The molecule has 0 N–H and O–H groups in total. The number of hydrogen-bond donors (Lipinski definition) is 0. The SMILES string of the molecule is Cc1ccc(N2CCN(C(=O)CC[C@@H](C)N3CCCCC3)CC2=O)cc1. The van der Waals surface area contributed by atoms with Crippen molar-refractivity contribution < 1.29 is 9.59 Å². The van der Waals surface area contributed by atoms with Crippen LogP contribution < -0.4 is 4.90 Å². The van der Waals surface area contributed by atoms with Crippen LogP contribution in [0.4, 0.5) is 5.69 Å². The fourth-order valence-corrected chi connectivity index (χ4v) is 3.92. The number of likely N-dealkylation sites (tertiary alicyclic amines) is 1. The molecule has 0 aromatic heterocycles. The van der Waals surface area contributed by atoms with E-state index >= 15 is 0 Å². The van der Waals surface area contributed by atoms with E-state index < -0.39 is 0 Å². The van der Waals surface area contributed by atoms with Gasteiger partial charge >= 0.3 is 0 Å². The Morgan fingerprint density at radius 1 is 1.04 bits per heavy atom. The van der Waals surface area contributed by atoms with Crippen LogP contribution in [0.5, 0.6) is 0 Å². The maximum Gasteiger partial charge on any atom is 0.246 e. The zero-order valence-electron chi connectivity index (χ0n) is 16.1. The van der Waals surface area contributed by atoms with Crippen LogP contribution in [0.1, 0.15) is 44.6 Å². The van der Waals surface area contributed by atoms with Crippen molar-refractivity contribution in [2.45, 2.75) is 52.0 Å². The average Bonchev–Trinajstić information content (AvgIpc) is 2.67. The molecule has 2 aliphatic heterocycles. The third-order valence-electron chi connectivity index (χ3n) is 5.71. The van der Waals surface area contributed by atoms with E-state index in [0.29, 0.717) is 25.6 Å². The molecule has 0 radical (unpaired) electrons. The Morgan fingerprint density at radius 2 is 1.73 bits per heavy atom. The van der Waals surface area contributed by atoms with E-state index in [1.54, 1.807) is 9.80 Å². The van der Waals surface area contributed by atoms with Crippen molar-refractivity contribution in [3.8, 4) is 0 Å². The number of nitrogens with zero attached hydrogens (tertiary/aromatic N) is 3. The van der Waals surface area contributed by atoms with Crippen LogP contribution in [0.25, 0.3) is 0 Å². The maximum absolute atomic E-state index is 12.6. The van der Waals surface area contributed by atoms with Gasteiger partial charge in [-0.15, -0.1) is 0 Å². The summed E-state index contributed by atoms with van der Waals surface area (Å²) in [5.74, 6) is 0.128. The molecule has 0 saturated carbocycles. The van der Waals surface area contributed by atoms with Crippen LogP contribution in [0.15, 0.2) is 24.3 Å². The lowest BCUT2D eigenvalue weighted by atomic mass is 10.1. The number of rotatable bonds is 5. The third kappa shape index (κ3) is 4.64. The highest BCUT2D eigenvalue weighted by Gasteiger charge is 2.28. The number of amides is 2. The Hall–Kier alpha value is -1.88. The second kappa shape index (κ2) is 8.67. The Bertz CT molecular complexity index is 623. The Balaban J connectivity index is 1.47. The Kier molecular flexibility index (Phi) is 6.30. The summed E-state index contributed by atoms with van der Waals surface area (Å²) >= 11 is 0. The number of carbonyl (C=O) groups is 2. The summed E-state index contributed by atoms with van der Waals surface area (Å²) in [6.07, 6.45) is 5.29. The standard InChI is InChI=1S/C21H31N3O2/c1-17-6-9-19(10-7-17)24-15-14-23(16-21(24)26)20(25)11-8-18(2)22-12-4-3-5-13-22/h6-7,9-10,18H,3-5,8,11-16H2,1-2H3/t18-/m1/s1. The van der Waals surface area contributed by atoms with Crippen LogP contribution in [0, 0.1) is 6.92 Å². The molecule has 5 heteroatoms.